The highest BCUT2D eigenvalue weighted by atomic mass is 32.2. The Kier molecular flexibility index (Phi) is 3.21. The fourth-order valence-electron chi connectivity index (χ4n) is 1.75. The van der Waals surface area contributed by atoms with Crippen LogP contribution in [-0.4, -0.2) is 17.2 Å². The van der Waals surface area contributed by atoms with Crippen LogP contribution in [0.25, 0.3) is 0 Å². The predicted molar refractivity (Wildman–Crippen MR) is 67.7 cm³/mol. The fraction of sp³-hybridized carbons (Fsp3) is 0.417. The Hall–Kier alpha value is -1.000. The topological polar surface area (TPSA) is 55.1 Å². The van der Waals surface area contributed by atoms with Crippen LogP contribution in [0.2, 0.25) is 0 Å². The van der Waals surface area contributed by atoms with Crippen LogP contribution in [0.3, 0.4) is 0 Å². The Morgan fingerprint density at radius 2 is 2.31 bits per heavy atom. The number of rotatable bonds is 2. The number of nitrogens with one attached hydrogen (secondary N) is 1. The number of anilines is 1. The van der Waals surface area contributed by atoms with E-state index in [1.165, 1.54) is 5.56 Å². The normalized spacial score (nSPS) is 21.2. The van der Waals surface area contributed by atoms with Gasteiger partial charge in [0, 0.05) is 10.9 Å². The van der Waals surface area contributed by atoms with Crippen molar-refractivity contribution in [1.82, 2.24) is 0 Å². The minimum Gasteiger partial charge on any atom is -0.328 e. The number of carbonyl (C=O) groups is 1. The Morgan fingerprint density at radius 1 is 1.56 bits per heavy atom. The summed E-state index contributed by atoms with van der Waals surface area (Å²) < 4.78 is 0. The molecule has 0 saturated carbocycles. The van der Waals surface area contributed by atoms with E-state index in [0.29, 0.717) is 0 Å². The number of hydrogen-bond donors (Lipinski definition) is 2. The van der Waals surface area contributed by atoms with Crippen molar-refractivity contribution < 1.29 is 4.79 Å². The first-order valence-corrected chi connectivity index (χ1v) is 6.30. The van der Waals surface area contributed by atoms with Crippen LogP contribution in [0, 0.1) is 0 Å². The van der Waals surface area contributed by atoms with Crippen molar-refractivity contribution >= 4 is 23.4 Å². The van der Waals surface area contributed by atoms with Gasteiger partial charge in [0.25, 0.3) is 0 Å². The Bertz CT molecular complexity index is 417. The first-order chi connectivity index (χ1) is 7.56. The number of carbonyl (C=O) groups excluding carboxylic acids is 1. The van der Waals surface area contributed by atoms with E-state index in [2.05, 4.69) is 17.4 Å². The molecule has 1 aliphatic rings. The molecule has 1 aromatic carbocycles. The summed E-state index contributed by atoms with van der Waals surface area (Å²) >= 11 is 1.60. The van der Waals surface area contributed by atoms with Crippen molar-refractivity contribution in [1.29, 1.82) is 0 Å². The third-order valence-corrected chi connectivity index (χ3v) is 3.71. The van der Waals surface area contributed by atoms with Gasteiger partial charge < -0.3 is 11.1 Å². The van der Waals surface area contributed by atoms with Crippen molar-refractivity contribution in [2.45, 2.75) is 36.5 Å². The van der Waals surface area contributed by atoms with Crippen LogP contribution < -0.4 is 11.1 Å². The quantitative estimate of drug-likeness (QED) is 0.826. The van der Waals surface area contributed by atoms with E-state index in [0.717, 1.165) is 17.0 Å². The average molecular weight is 236 g/mol. The molecule has 3 N–H and O–H groups in total. The lowest BCUT2D eigenvalue weighted by Crippen LogP contribution is -2.26. The van der Waals surface area contributed by atoms with Crippen molar-refractivity contribution in [2.24, 2.45) is 5.73 Å². The summed E-state index contributed by atoms with van der Waals surface area (Å²) in [7, 11) is 0. The average Bonchev–Trinajstić information content (AvgIpc) is 2.19. The molecule has 1 aromatic rings. The molecule has 0 radical (unpaired) electrons. The number of fused-ring (bicyclic) bond motifs is 1. The zero-order chi connectivity index (χ0) is 11.7. The molecule has 0 fully saturated rings. The summed E-state index contributed by atoms with van der Waals surface area (Å²) in [5, 5.41) is 2.92. The van der Waals surface area contributed by atoms with E-state index in [1.54, 1.807) is 11.8 Å². The Labute approximate surface area is 99.8 Å². The molecular formula is C12H16N2OS. The number of amides is 1. The lowest BCUT2D eigenvalue weighted by molar-refractivity contribution is -0.115. The molecule has 2 atom stereocenters. The minimum atomic E-state index is -0.00761. The van der Waals surface area contributed by atoms with Crippen LogP contribution in [-0.2, 0) is 11.2 Å². The van der Waals surface area contributed by atoms with Crippen molar-refractivity contribution in [2.75, 3.05) is 5.32 Å². The van der Waals surface area contributed by atoms with Gasteiger partial charge in [0.05, 0.1) is 10.9 Å². The molecule has 4 heteroatoms. The Balaban J connectivity index is 2.25. The second-order valence-electron chi connectivity index (χ2n) is 4.26. The number of nitrogens with two attached hydrogens (primary N) is 1. The third-order valence-electron chi connectivity index (χ3n) is 2.53. The molecule has 0 aromatic heterocycles. The van der Waals surface area contributed by atoms with Crippen molar-refractivity contribution in [3.63, 3.8) is 0 Å². The predicted octanol–water partition coefficient (Wildman–Crippen LogP) is 2.01. The van der Waals surface area contributed by atoms with Crippen LogP contribution in [0.4, 0.5) is 5.69 Å². The first-order valence-electron chi connectivity index (χ1n) is 5.42. The molecule has 2 unspecified atom stereocenters. The maximum atomic E-state index is 11.5. The second kappa shape index (κ2) is 4.47. The molecular weight excluding hydrogens is 220 g/mol. The standard InChI is InChI=1S/C12H16N2OS/c1-7(13)5-9-3-4-11-10(6-9)14-12(15)8(2)16-11/h3-4,6-8H,5,13H2,1-2H3,(H,14,15). The van der Waals surface area contributed by atoms with Gasteiger partial charge in [0.15, 0.2) is 0 Å². The van der Waals surface area contributed by atoms with Gasteiger partial charge in [-0.1, -0.05) is 6.07 Å². The van der Waals surface area contributed by atoms with Gasteiger partial charge in [-0.05, 0) is 38.0 Å². The summed E-state index contributed by atoms with van der Waals surface area (Å²) in [5.41, 5.74) is 7.85. The third kappa shape index (κ3) is 2.39. The summed E-state index contributed by atoms with van der Waals surface area (Å²) in [5.74, 6) is 0.0791. The Morgan fingerprint density at radius 3 is 3.00 bits per heavy atom. The second-order valence-corrected chi connectivity index (χ2v) is 5.64. The molecule has 0 saturated heterocycles. The van der Waals surface area contributed by atoms with Gasteiger partial charge in [-0.2, -0.15) is 0 Å². The molecule has 16 heavy (non-hydrogen) atoms. The smallest absolute Gasteiger partial charge is 0.237 e. The summed E-state index contributed by atoms with van der Waals surface area (Å²) in [4.78, 5) is 12.7. The summed E-state index contributed by atoms with van der Waals surface area (Å²) in [6.45, 7) is 3.90. The highest BCUT2D eigenvalue weighted by Crippen LogP contribution is 2.35. The number of hydrogen-bond acceptors (Lipinski definition) is 3. The van der Waals surface area contributed by atoms with Crippen LogP contribution in [0.5, 0.6) is 0 Å². The zero-order valence-electron chi connectivity index (χ0n) is 9.49. The van der Waals surface area contributed by atoms with Gasteiger partial charge in [-0.15, -0.1) is 11.8 Å². The maximum absolute atomic E-state index is 11.5. The highest BCUT2D eigenvalue weighted by Gasteiger charge is 2.22. The summed E-state index contributed by atoms with van der Waals surface area (Å²) in [6, 6.07) is 6.31. The molecule has 1 heterocycles. The molecule has 1 aliphatic heterocycles. The first kappa shape index (κ1) is 11.5. The van der Waals surface area contributed by atoms with E-state index in [-0.39, 0.29) is 17.2 Å². The van der Waals surface area contributed by atoms with E-state index in [9.17, 15) is 4.79 Å². The molecule has 1 amide bonds. The largest absolute Gasteiger partial charge is 0.328 e. The maximum Gasteiger partial charge on any atom is 0.237 e. The fourth-order valence-corrected chi connectivity index (χ4v) is 2.69. The van der Waals surface area contributed by atoms with Crippen LogP contribution in [0.1, 0.15) is 19.4 Å². The zero-order valence-corrected chi connectivity index (χ0v) is 10.3. The van der Waals surface area contributed by atoms with Gasteiger partial charge in [-0.3, -0.25) is 4.79 Å². The van der Waals surface area contributed by atoms with Gasteiger partial charge in [-0.25, -0.2) is 0 Å². The molecule has 86 valence electrons. The number of benzene rings is 1. The van der Waals surface area contributed by atoms with E-state index < -0.39 is 0 Å². The molecule has 0 aliphatic carbocycles. The van der Waals surface area contributed by atoms with Gasteiger partial charge in [0.1, 0.15) is 0 Å². The molecule has 2 rings (SSSR count). The van der Waals surface area contributed by atoms with E-state index >= 15 is 0 Å². The van der Waals surface area contributed by atoms with Crippen molar-refractivity contribution in [3.8, 4) is 0 Å². The molecule has 0 spiro atoms. The van der Waals surface area contributed by atoms with Crippen LogP contribution >= 0.6 is 11.8 Å². The van der Waals surface area contributed by atoms with Crippen LogP contribution in [0.15, 0.2) is 23.1 Å². The summed E-state index contributed by atoms with van der Waals surface area (Å²) in [6.07, 6.45) is 0.837. The highest BCUT2D eigenvalue weighted by molar-refractivity contribution is 8.00. The SMILES string of the molecule is CC(N)Cc1ccc2c(c1)NC(=O)C(C)S2. The minimum absolute atomic E-state index is 0.00761. The number of thioether (sulfide) groups is 1. The van der Waals surface area contributed by atoms with E-state index in [4.69, 9.17) is 5.73 Å². The van der Waals surface area contributed by atoms with Gasteiger partial charge >= 0.3 is 0 Å². The van der Waals surface area contributed by atoms with Gasteiger partial charge in [0.2, 0.25) is 5.91 Å². The molecule has 0 bridgehead atoms. The van der Waals surface area contributed by atoms with E-state index in [1.807, 2.05) is 19.9 Å². The molecule has 3 nitrogen and oxygen atoms in total. The monoisotopic (exact) mass is 236 g/mol. The lowest BCUT2D eigenvalue weighted by atomic mass is 10.1. The van der Waals surface area contributed by atoms with Crippen molar-refractivity contribution in [3.05, 3.63) is 23.8 Å². The lowest BCUT2D eigenvalue weighted by Gasteiger charge is -2.22.